The van der Waals surface area contributed by atoms with E-state index in [0.717, 1.165) is 28.9 Å². The van der Waals surface area contributed by atoms with Crippen molar-refractivity contribution in [1.82, 2.24) is 0 Å². The van der Waals surface area contributed by atoms with Crippen LogP contribution in [0.1, 0.15) is 12.0 Å². The summed E-state index contributed by atoms with van der Waals surface area (Å²) in [7, 11) is 0. The van der Waals surface area contributed by atoms with Crippen molar-refractivity contribution in [1.29, 1.82) is 0 Å². The maximum Gasteiger partial charge on any atom is 0.402 e. The van der Waals surface area contributed by atoms with Crippen LogP contribution >= 0.6 is 0 Å². The molecule has 4 aliphatic rings. The number of ketones is 1. The lowest BCUT2D eigenvalue weighted by Gasteiger charge is -2.32. The maximum absolute atomic E-state index is 13.7. The molecule has 0 radical (unpaired) electrons. The van der Waals surface area contributed by atoms with Crippen molar-refractivity contribution in [3.63, 3.8) is 0 Å². The Balaban J connectivity index is 1.42. The van der Waals surface area contributed by atoms with Crippen LogP contribution in [0, 0.1) is 23.7 Å². The fraction of sp³-hybridized carbons (Fsp3) is 0.192. The molecule has 3 aromatic rings. The second kappa shape index (κ2) is 5.88. The second-order valence-corrected chi connectivity index (χ2v) is 8.99. The molecule has 0 amide bonds. The van der Waals surface area contributed by atoms with E-state index in [1.54, 1.807) is 0 Å². The predicted molar refractivity (Wildman–Crippen MR) is 123 cm³/mol. The number of fused-ring (bicyclic) bond motifs is 5. The van der Waals surface area contributed by atoms with E-state index in [0.29, 0.717) is 17.6 Å². The third-order valence-corrected chi connectivity index (χ3v) is 7.53. The Bertz CT molecular complexity index is 1240. The molecule has 4 heteroatoms. The van der Waals surface area contributed by atoms with Gasteiger partial charge in [0.2, 0.25) is 0 Å². The highest BCUT2D eigenvalue weighted by Crippen LogP contribution is 2.58. The molecule has 1 fully saturated rings. The molecular weight excluding hydrogens is 367 g/mol. The number of anilines is 2. The van der Waals surface area contributed by atoms with Gasteiger partial charge < -0.3 is 10.5 Å². The van der Waals surface area contributed by atoms with E-state index in [1.807, 2.05) is 18.2 Å². The fourth-order valence-electron chi connectivity index (χ4n) is 6.41. The SMILES string of the molecule is O=C1C(c2ccccc2)=C(B2Nc3cccc4cccc(c34)N2)[C@@H]2[C@H]1[C@H]1C=C[C@@H]2C1. The van der Waals surface area contributed by atoms with Crippen LogP contribution < -0.4 is 10.5 Å². The van der Waals surface area contributed by atoms with Crippen molar-refractivity contribution in [3.8, 4) is 0 Å². The monoisotopic (exact) mass is 388 g/mol. The van der Waals surface area contributed by atoms with Crippen LogP contribution in [0.25, 0.3) is 16.3 Å². The number of hydrogen-bond donors (Lipinski definition) is 2. The van der Waals surface area contributed by atoms with Gasteiger partial charge in [0.15, 0.2) is 5.78 Å². The van der Waals surface area contributed by atoms with Crippen LogP contribution in [0.3, 0.4) is 0 Å². The molecule has 2 N–H and O–H groups in total. The lowest BCUT2D eigenvalue weighted by molar-refractivity contribution is -0.117. The summed E-state index contributed by atoms with van der Waals surface area (Å²) in [6, 6.07) is 23.1. The maximum atomic E-state index is 13.7. The molecule has 0 unspecified atom stereocenters. The molecule has 0 spiro atoms. The number of allylic oxidation sites excluding steroid dienone is 4. The molecule has 2 bridgehead atoms. The quantitative estimate of drug-likeness (QED) is 0.470. The number of Topliss-reactive ketones (excluding diaryl/α,β-unsaturated/α-hetero) is 1. The number of carbonyl (C=O) groups is 1. The number of benzene rings is 3. The molecule has 1 aliphatic heterocycles. The second-order valence-electron chi connectivity index (χ2n) is 8.99. The van der Waals surface area contributed by atoms with E-state index in [-0.39, 0.29) is 18.8 Å². The van der Waals surface area contributed by atoms with E-state index in [4.69, 9.17) is 0 Å². The van der Waals surface area contributed by atoms with Gasteiger partial charge >= 0.3 is 6.98 Å². The average Bonchev–Trinajstić information content (AvgIpc) is 3.47. The zero-order chi connectivity index (χ0) is 19.8. The molecule has 4 atom stereocenters. The van der Waals surface area contributed by atoms with Gasteiger partial charge in [-0.25, -0.2) is 0 Å². The van der Waals surface area contributed by atoms with Gasteiger partial charge in [0, 0.05) is 28.3 Å². The molecule has 3 aromatic carbocycles. The summed E-state index contributed by atoms with van der Waals surface area (Å²) in [6.45, 7) is -0.0765. The Morgan fingerprint density at radius 3 is 2.13 bits per heavy atom. The number of carbonyl (C=O) groups excluding carboxylic acids is 1. The molecule has 144 valence electrons. The van der Waals surface area contributed by atoms with Gasteiger partial charge in [-0.15, -0.1) is 0 Å². The van der Waals surface area contributed by atoms with Crippen molar-refractivity contribution in [3.05, 3.63) is 89.9 Å². The number of nitrogens with one attached hydrogen (secondary N) is 2. The van der Waals surface area contributed by atoms with Gasteiger partial charge in [-0.05, 0) is 52.7 Å². The largest absolute Gasteiger partial charge is 0.405 e. The summed E-state index contributed by atoms with van der Waals surface area (Å²) in [4.78, 5) is 13.7. The van der Waals surface area contributed by atoms with Gasteiger partial charge in [0.05, 0.1) is 0 Å². The summed E-state index contributed by atoms with van der Waals surface area (Å²) in [5, 5.41) is 9.96. The Labute approximate surface area is 176 Å². The zero-order valence-electron chi connectivity index (χ0n) is 16.5. The Morgan fingerprint density at radius 2 is 1.43 bits per heavy atom. The van der Waals surface area contributed by atoms with Crippen molar-refractivity contribution in [2.75, 3.05) is 10.5 Å². The van der Waals surface area contributed by atoms with Crippen LogP contribution in [-0.2, 0) is 4.79 Å². The van der Waals surface area contributed by atoms with Gasteiger partial charge in [0.25, 0.3) is 0 Å². The summed E-state index contributed by atoms with van der Waals surface area (Å²) in [6.07, 6.45) is 5.75. The minimum atomic E-state index is -0.0765. The number of rotatable bonds is 2. The van der Waals surface area contributed by atoms with Crippen LogP contribution in [0.5, 0.6) is 0 Å². The summed E-state index contributed by atoms with van der Waals surface area (Å²) in [5.74, 6) is 1.58. The normalized spacial score (nSPS) is 28.1. The molecule has 1 heterocycles. The Morgan fingerprint density at radius 1 is 0.767 bits per heavy atom. The van der Waals surface area contributed by atoms with Gasteiger partial charge in [-0.2, -0.15) is 0 Å². The Kier molecular flexibility index (Phi) is 3.24. The first-order valence-electron chi connectivity index (χ1n) is 10.9. The first-order chi connectivity index (χ1) is 14.8. The van der Waals surface area contributed by atoms with Gasteiger partial charge in [-0.1, -0.05) is 66.7 Å². The lowest BCUT2D eigenvalue weighted by Crippen LogP contribution is -2.42. The highest BCUT2D eigenvalue weighted by Gasteiger charge is 2.57. The van der Waals surface area contributed by atoms with Crippen LogP contribution in [0.15, 0.2) is 84.4 Å². The minimum absolute atomic E-state index is 0.0765. The average molecular weight is 388 g/mol. The van der Waals surface area contributed by atoms with Crippen molar-refractivity contribution < 1.29 is 4.79 Å². The summed E-state index contributed by atoms with van der Waals surface area (Å²) in [5.41, 5.74) is 5.51. The first kappa shape index (κ1) is 16.5. The molecule has 7 rings (SSSR count). The van der Waals surface area contributed by atoms with Gasteiger partial charge in [-0.3, -0.25) is 4.79 Å². The van der Waals surface area contributed by atoms with Crippen LogP contribution in [-0.4, -0.2) is 12.8 Å². The van der Waals surface area contributed by atoms with Crippen molar-refractivity contribution in [2.45, 2.75) is 6.42 Å². The molecular formula is C26H21BN2O. The summed E-state index contributed by atoms with van der Waals surface area (Å²) < 4.78 is 0. The van der Waals surface area contributed by atoms with E-state index in [2.05, 4.69) is 71.1 Å². The summed E-state index contributed by atoms with van der Waals surface area (Å²) >= 11 is 0. The van der Waals surface area contributed by atoms with Crippen molar-refractivity contribution >= 4 is 40.5 Å². The van der Waals surface area contributed by atoms with Gasteiger partial charge in [0.1, 0.15) is 0 Å². The predicted octanol–water partition coefficient (Wildman–Crippen LogP) is 5.18. The van der Waals surface area contributed by atoms with E-state index in [1.165, 1.54) is 16.2 Å². The fourth-order valence-corrected chi connectivity index (χ4v) is 6.41. The van der Waals surface area contributed by atoms with Crippen LogP contribution in [0.2, 0.25) is 0 Å². The van der Waals surface area contributed by atoms with Crippen molar-refractivity contribution in [2.24, 2.45) is 23.7 Å². The van der Waals surface area contributed by atoms with E-state index >= 15 is 0 Å². The Hall–Kier alpha value is -3.27. The third-order valence-electron chi connectivity index (χ3n) is 7.53. The molecule has 30 heavy (non-hydrogen) atoms. The molecule has 3 aliphatic carbocycles. The van der Waals surface area contributed by atoms with Crippen LogP contribution in [0.4, 0.5) is 11.4 Å². The highest BCUT2D eigenvalue weighted by atomic mass is 16.1. The standard InChI is InChI=1S/C26H21BN2O/c30-26-23-18-13-12-17(14-18)22(23)25(24(26)16-6-2-1-3-7-16)27-28-19-10-4-8-15-9-5-11-20(29-27)21(15)19/h1-13,17-18,22-23,28-29H,14H2/t17-,18+,22+,23-/m1/s1. The first-order valence-corrected chi connectivity index (χ1v) is 10.9. The third kappa shape index (κ3) is 2.09. The topological polar surface area (TPSA) is 41.1 Å². The van der Waals surface area contributed by atoms with E-state index in [9.17, 15) is 4.79 Å². The molecule has 1 saturated carbocycles. The lowest BCUT2D eigenvalue weighted by atomic mass is 9.58. The zero-order valence-corrected chi connectivity index (χ0v) is 16.5. The smallest absolute Gasteiger partial charge is 0.402 e. The molecule has 0 saturated heterocycles. The highest BCUT2D eigenvalue weighted by molar-refractivity contribution is 6.77. The molecule has 3 nitrogen and oxygen atoms in total. The molecule has 0 aromatic heterocycles. The van der Waals surface area contributed by atoms with E-state index < -0.39 is 0 Å². The minimum Gasteiger partial charge on any atom is -0.405 e. The number of hydrogen-bond acceptors (Lipinski definition) is 3.